The van der Waals surface area contributed by atoms with Crippen molar-refractivity contribution in [2.45, 2.75) is 0 Å². The van der Waals surface area contributed by atoms with Crippen molar-refractivity contribution in [2.75, 3.05) is 7.11 Å². The zero-order chi connectivity index (χ0) is 12.3. The number of ether oxygens (including phenoxy) is 1. The van der Waals surface area contributed by atoms with E-state index < -0.39 is 7.12 Å². The summed E-state index contributed by atoms with van der Waals surface area (Å²) in [5.41, 5.74) is 1.96. The topological polar surface area (TPSA) is 62.6 Å². The molecule has 0 aliphatic carbocycles. The van der Waals surface area contributed by atoms with Gasteiger partial charge in [-0.05, 0) is 29.7 Å². The van der Waals surface area contributed by atoms with Gasteiger partial charge in [-0.3, -0.25) is 4.98 Å². The Morgan fingerprint density at radius 2 is 2.00 bits per heavy atom. The first-order chi connectivity index (χ1) is 8.20. The van der Waals surface area contributed by atoms with E-state index in [0.717, 1.165) is 11.3 Å². The molecule has 0 aliphatic rings. The van der Waals surface area contributed by atoms with Crippen molar-refractivity contribution in [3.8, 4) is 17.0 Å². The molecule has 0 spiro atoms. The van der Waals surface area contributed by atoms with E-state index in [1.165, 1.54) is 0 Å². The normalized spacial score (nSPS) is 10.1. The van der Waals surface area contributed by atoms with Crippen LogP contribution in [0.3, 0.4) is 0 Å². The molecule has 0 saturated heterocycles. The van der Waals surface area contributed by atoms with Crippen molar-refractivity contribution in [1.29, 1.82) is 0 Å². The summed E-state index contributed by atoms with van der Waals surface area (Å²) in [6, 6.07) is 10.6. The molecule has 5 heteroatoms. The van der Waals surface area contributed by atoms with E-state index in [2.05, 4.69) is 4.98 Å². The molecular weight excluding hydrogens is 217 g/mol. The Morgan fingerprint density at radius 3 is 2.71 bits per heavy atom. The summed E-state index contributed by atoms with van der Waals surface area (Å²) in [4.78, 5) is 4.19. The highest BCUT2D eigenvalue weighted by molar-refractivity contribution is 6.58. The van der Waals surface area contributed by atoms with Crippen LogP contribution in [-0.4, -0.2) is 29.3 Å². The number of methoxy groups -OCH3 is 1. The molecule has 4 nitrogen and oxygen atoms in total. The third-order valence-corrected chi connectivity index (χ3v) is 2.45. The van der Waals surface area contributed by atoms with Gasteiger partial charge in [0.1, 0.15) is 5.75 Å². The molecular formula is C12H12BNO3. The van der Waals surface area contributed by atoms with Crippen LogP contribution in [0.4, 0.5) is 0 Å². The van der Waals surface area contributed by atoms with Crippen LogP contribution in [0.1, 0.15) is 0 Å². The maximum atomic E-state index is 9.10. The van der Waals surface area contributed by atoms with Gasteiger partial charge in [0.2, 0.25) is 0 Å². The third kappa shape index (κ3) is 2.64. The fourth-order valence-corrected chi connectivity index (χ4v) is 1.55. The van der Waals surface area contributed by atoms with Crippen molar-refractivity contribution >= 4 is 12.6 Å². The fourth-order valence-electron chi connectivity index (χ4n) is 1.55. The van der Waals surface area contributed by atoms with Crippen molar-refractivity contribution in [3.63, 3.8) is 0 Å². The minimum atomic E-state index is -1.48. The van der Waals surface area contributed by atoms with Crippen LogP contribution in [0.25, 0.3) is 11.3 Å². The Morgan fingerprint density at radius 1 is 1.18 bits per heavy atom. The van der Waals surface area contributed by atoms with Crippen LogP contribution in [0, 0.1) is 0 Å². The van der Waals surface area contributed by atoms with Crippen molar-refractivity contribution in [3.05, 3.63) is 42.6 Å². The minimum Gasteiger partial charge on any atom is -0.497 e. The van der Waals surface area contributed by atoms with Crippen LogP contribution in [0.5, 0.6) is 5.75 Å². The van der Waals surface area contributed by atoms with Crippen LogP contribution in [-0.2, 0) is 0 Å². The van der Waals surface area contributed by atoms with Gasteiger partial charge >= 0.3 is 7.12 Å². The van der Waals surface area contributed by atoms with E-state index in [1.807, 2.05) is 24.3 Å². The van der Waals surface area contributed by atoms with Gasteiger partial charge in [-0.1, -0.05) is 12.1 Å². The second kappa shape index (κ2) is 4.99. The first-order valence-electron chi connectivity index (χ1n) is 5.17. The average molecular weight is 229 g/mol. The molecule has 0 bridgehead atoms. The average Bonchev–Trinajstić information content (AvgIpc) is 2.39. The maximum Gasteiger partial charge on any atom is 0.488 e. The lowest BCUT2D eigenvalue weighted by Crippen LogP contribution is -2.29. The van der Waals surface area contributed by atoms with Gasteiger partial charge in [0.05, 0.1) is 12.8 Å². The quantitative estimate of drug-likeness (QED) is 0.749. The summed E-state index contributed by atoms with van der Waals surface area (Å²) in [7, 11) is 0.114. The van der Waals surface area contributed by atoms with Crippen LogP contribution in [0.15, 0.2) is 42.6 Å². The van der Waals surface area contributed by atoms with E-state index in [0.29, 0.717) is 11.2 Å². The van der Waals surface area contributed by atoms with Gasteiger partial charge in [-0.25, -0.2) is 0 Å². The molecule has 2 N–H and O–H groups in total. The lowest BCUT2D eigenvalue weighted by Gasteiger charge is -2.05. The standard InChI is InChI=1S/C12H12BNO3/c1-17-11-4-2-3-9(7-11)12-8-10(13(15)16)5-6-14-12/h2-8,15-16H,1H3. The largest absolute Gasteiger partial charge is 0.497 e. The number of nitrogens with zero attached hydrogens (tertiary/aromatic N) is 1. The van der Waals surface area contributed by atoms with Crippen molar-refractivity contribution < 1.29 is 14.8 Å². The van der Waals surface area contributed by atoms with Gasteiger partial charge < -0.3 is 14.8 Å². The van der Waals surface area contributed by atoms with Gasteiger partial charge in [0.15, 0.2) is 0 Å². The number of hydrogen-bond donors (Lipinski definition) is 2. The molecule has 2 rings (SSSR count). The van der Waals surface area contributed by atoms with E-state index in [-0.39, 0.29) is 0 Å². The van der Waals surface area contributed by atoms with E-state index in [4.69, 9.17) is 14.8 Å². The fraction of sp³-hybridized carbons (Fsp3) is 0.0833. The summed E-state index contributed by atoms with van der Waals surface area (Å²) < 4.78 is 5.13. The lowest BCUT2D eigenvalue weighted by atomic mass is 9.80. The molecule has 17 heavy (non-hydrogen) atoms. The molecule has 0 aliphatic heterocycles. The predicted molar refractivity (Wildman–Crippen MR) is 66.1 cm³/mol. The molecule has 1 aromatic heterocycles. The van der Waals surface area contributed by atoms with Gasteiger partial charge in [-0.2, -0.15) is 0 Å². The molecule has 0 radical (unpaired) electrons. The summed E-state index contributed by atoms with van der Waals surface area (Å²) >= 11 is 0. The monoisotopic (exact) mass is 229 g/mol. The molecule has 0 atom stereocenters. The Balaban J connectivity index is 2.41. The van der Waals surface area contributed by atoms with Crippen LogP contribution < -0.4 is 10.2 Å². The molecule has 0 saturated carbocycles. The van der Waals surface area contributed by atoms with Crippen LogP contribution in [0.2, 0.25) is 0 Å². The summed E-state index contributed by atoms with van der Waals surface area (Å²) in [6.45, 7) is 0. The van der Waals surface area contributed by atoms with Gasteiger partial charge in [0, 0.05) is 11.8 Å². The Bertz CT molecular complexity index is 517. The lowest BCUT2D eigenvalue weighted by molar-refractivity contribution is 0.415. The molecule has 1 aromatic carbocycles. The molecule has 0 fully saturated rings. The van der Waals surface area contributed by atoms with E-state index >= 15 is 0 Å². The number of benzene rings is 1. The minimum absolute atomic E-state index is 0.415. The zero-order valence-electron chi connectivity index (χ0n) is 9.37. The Kier molecular flexibility index (Phi) is 3.42. The first kappa shape index (κ1) is 11.6. The summed E-state index contributed by atoms with van der Waals surface area (Å²) in [5, 5.41) is 18.2. The van der Waals surface area contributed by atoms with Crippen molar-refractivity contribution in [1.82, 2.24) is 4.98 Å². The first-order valence-corrected chi connectivity index (χ1v) is 5.17. The highest BCUT2D eigenvalue weighted by Gasteiger charge is 2.12. The second-order valence-electron chi connectivity index (χ2n) is 3.58. The molecule has 0 unspecified atom stereocenters. The molecule has 86 valence electrons. The summed E-state index contributed by atoms with van der Waals surface area (Å²) in [5.74, 6) is 0.735. The van der Waals surface area contributed by atoms with Crippen LogP contribution >= 0.6 is 0 Å². The van der Waals surface area contributed by atoms with Crippen molar-refractivity contribution in [2.24, 2.45) is 0 Å². The van der Waals surface area contributed by atoms with E-state index in [9.17, 15) is 0 Å². The Labute approximate surface area is 99.7 Å². The smallest absolute Gasteiger partial charge is 0.488 e. The van der Waals surface area contributed by atoms with Gasteiger partial charge in [0.25, 0.3) is 0 Å². The molecule has 1 heterocycles. The number of pyridine rings is 1. The highest BCUT2D eigenvalue weighted by Crippen LogP contribution is 2.21. The zero-order valence-corrected chi connectivity index (χ0v) is 9.37. The second-order valence-corrected chi connectivity index (χ2v) is 3.58. The Hall–Kier alpha value is -1.85. The third-order valence-electron chi connectivity index (χ3n) is 2.45. The maximum absolute atomic E-state index is 9.10. The number of rotatable bonds is 3. The number of aromatic nitrogens is 1. The molecule has 2 aromatic rings. The van der Waals surface area contributed by atoms with Gasteiger partial charge in [-0.15, -0.1) is 0 Å². The SMILES string of the molecule is COc1cccc(-c2cc(B(O)O)ccn2)c1. The predicted octanol–water partition coefficient (Wildman–Crippen LogP) is 0.437. The molecule has 0 amide bonds. The van der Waals surface area contributed by atoms with E-state index in [1.54, 1.807) is 25.4 Å². The summed E-state index contributed by atoms with van der Waals surface area (Å²) in [6.07, 6.45) is 1.55. The number of hydrogen-bond acceptors (Lipinski definition) is 4. The highest BCUT2D eigenvalue weighted by atomic mass is 16.5.